The highest BCUT2D eigenvalue weighted by Crippen LogP contribution is 2.47. The highest BCUT2D eigenvalue weighted by molar-refractivity contribution is 5.87. The van der Waals surface area contributed by atoms with Crippen molar-refractivity contribution in [2.24, 2.45) is 0 Å². The smallest absolute Gasteiger partial charge is 0.164 e. The fourth-order valence-electron chi connectivity index (χ4n) is 7.15. The summed E-state index contributed by atoms with van der Waals surface area (Å²) < 4.78 is 13.9. The molecule has 1 aliphatic carbocycles. The van der Waals surface area contributed by atoms with Crippen LogP contribution >= 0.6 is 0 Å². The molecule has 240 valence electrons. The summed E-state index contributed by atoms with van der Waals surface area (Å²) in [6.07, 6.45) is 2.35. The van der Waals surface area contributed by atoms with Crippen LogP contribution in [0.25, 0.3) is 67.2 Å². The second-order valence-electron chi connectivity index (χ2n) is 14.6. The molecule has 6 aromatic carbocycles. The van der Waals surface area contributed by atoms with Crippen molar-refractivity contribution in [1.29, 1.82) is 0 Å². The van der Waals surface area contributed by atoms with Crippen molar-refractivity contribution in [3.05, 3.63) is 150 Å². The molecule has 49 heavy (non-hydrogen) atoms. The molecule has 1 aromatic heterocycles. The van der Waals surface area contributed by atoms with Crippen LogP contribution in [0.3, 0.4) is 0 Å². The van der Waals surface area contributed by atoms with Crippen LogP contribution in [0.2, 0.25) is 0 Å². The van der Waals surface area contributed by atoms with E-state index in [1.807, 2.05) is 6.07 Å². The number of aromatic nitrogens is 3. The van der Waals surface area contributed by atoms with Gasteiger partial charge in [-0.05, 0) is 104 Å². The summed E-state index contributed by atoms with van der Waals surface area (Å²) in [5, 5.41) is 2.43. The molecule has 1 aliphatic rings. The van der Waals surface area contributed by atoms with Gasteiger partial charge >= 0.3 is 0 Å². The summed E-state index contributed by atoms with van der Waals surface area (Å²) in [7, 11) is 0. The zero-order valence-electron chi connectivity index (χ0n) is 28.3. The maximum Gasteiger partial charge on any atom is 0.164 e. The van der Waals surface area contributed by atoms with Crippen LogP contribution in [0.1, 0.15) is 51.7 Å². The molecule has 4 heteroatoms. The van der Waals surface area contributed by atoms with E-state index in [0.717, 1.165) is 33.4 Å². The predicted molar refractivity (Wildman–Crippen MR) is 200 cm³/mol. The molecule has 0 spiro atoms. The molecule has 1 heterocycles. The Labute approximate surface area is 287 Å². The number of nitrogens with zero attached hydrogens (tertiary/aromatic N) is 3. The molecule has 0 aliphatic heterocycles. The molecule has 3 nitrogen and oxygen atoms in total. The Bertz CT molecular complexity index is 2340. The van der Waals surface area contributed by atoms with Crippen LogP contribution in [0.4, 0.5) is 4.39 Å². The first-order chi connectivity index (χ1) is 23.6. The van der Waals surface area contributed by atoms with Crippen LogP contribution in [0.5, 0.6) is 0 Å². The average molecular weight is 640 g/mol. The van der Waals surface area contributed by atoms with Gasteiger partial charge in [0.25, 0.3) is 0 Å². The van der Waals surface area contributed by atoms with Gasteiger partial charge in [0.15, 0.2) is 17.5 Å². The highest BCUT2D eigenvalue weighted by atomic mass is 19.1. The van der Waals surface area contributed by atoms with Gasteiger partial charge in [-0.2, -0.15) is 0 Å². The number of rotatable bonds is 5. The zero-order valence-corrected chi connectivity index (χ0v) is 28.3. The molecular formula is C45H38FN3. The molecule has 0 radical (unpaired) electrons. The predicted octanol–water partition coefficient (Wildman–Crippen LogP) is 11.8. The van der Waals surface area contributed by atoms with Gasteiger partial charge in [0.1, 0.15) is 5.82 Å². The SMILES string of the molecule is CC1(C)CCC(C)(C)c2cc(-c3cccc(-c4nc(-c5ccc(F)cc5)nc(-c5ccc(-c6ccc7ccccc7c6)cc5)n4)c3)ccc21. The summed E-state index contributed by atoms with van der Waals surface area (Å²) in [5.41, 5.74) is 10.2. The molecular weight excluding hydrogens is 602 g/mol. The lowest BCUT2D eigenvalue weighted by atomic mass is 9.63. The highest BCUT2D eigenvalue weighted by Gasteiger charge is 2.37. The maximum atomic E-state index is 13.9. The van der Waals surface area contributed by atoms with Gasteiger partial charge in [-0.3, -0.25) is 0 Å². The Kier molecular flexibility index (Phi) is 7.48. The first kappa shape index (κ1) is 30.8. The Morgan fingerprint density at radius 1 is 0.408 bits per heavy atom. The van der Waals surface area contributed by atoms with Crippen LogP contribution < -0.4 is 0 Å². The second-order valence-corrected chi connectivity index (χ2v) is 14.6. The summed E-state index contributed by atoms with van der Waals surface area (Å²) in [4.78, 5) is 14.8. The zero-order chi connectivity index (χ0) is 33.8. The van der Waals surface area contributed by atoms with Crippen molar-refractivity contribution in [3.8, 4) is 56.4 Å². The van der Waals surface area contributed by atoms with Crippen molar-refractivity contribution in [3.63, 3.8) is 0 Å². The van der Waals surface area contributed by atoms with Crippen LogP contribution in [-0.4, -0.2) is 15.0 Å². The van der Waals surface area contributed by atoms with Crippen molar-refractivity contribution in [2.75, 3.05) is 0 Å². The fourth-order valence-corrected chi connectivity index (χ4v) is 7.15. The van der Waals surface area contributed by atoms with Crippen LogP contribution in [-0.2, 0) is 10.8 Å². The Hall–Kier alpha value is -5.48. The molecule has 8 rings (SSSR count). The summed E-state index contributed by atoms with van der Waals surface area (Å²) in [6.45, 7) is 9.43. The van der Waals surface area contributed by atoms with E-state index in [1.54, 1.807) is 12.1 Å². The van der Waals surface area contributed by atoms with Crippen molar-refractivity contribution in [1.82, 2.24) is 15.0 Å². The lowest BCUT2D eigenvalue weighted by molar-refractivity contribution is 0.332. The quantitative estimate of drug-likeness (QED) is 0.188. The molecule has 0 fully saturated rings. The van der Waals surface area contributed by atoms with E-state index < -0.39 is 0 Å². The minimum Gasteiger partial charge on any atom is -0.208 e. The van der Waals surface area contributed by atoms with Crippen molar-refractivity contribution in [2.45, 2.75) is 51.4 Å². The molecule has 0 saturated heterocycles. The number of hydrogen-bond donors (Lipinski definition) is 0. The van der Waals surface area contributed by atoms with Crippen LogP contribution in [0.15, 0.2) is 133 Å². The molecule has 0 bridgehead atoms. The molecule has 0 amide bonds. The van der Waals surface area contributed by atoms with E-state index in [-0.39, 0.29) is 16.6 Å². The van der Waals surface area contributed by atoms with E-state index in [1.165, 1.54) is 52.4 Å². The van der Waals surface area contributed by atoms with E-state index >= 15 is 0 Å². The number of benzene rings is 6. The molecule has 0 unspecified atom stereocenters. The van der Waals surface area contributed by atoms with Crippen molar-refractivity contribution < 1.29 is 4.39 Å². The summed E-state index contributed by atoms with van der Waals surface area (Å²) >= 11 is 0. The normalized spacial score (nSPS) is 14.8. The fraction of sp³-hybridized carbons (Fsp3) is 0.178. The first-order valence-electron chi connectivity index (χ1n) is 17.0. The Morgan fingerprint density at radius 2 is 0.898 bits per heavy atom. The molecule has 0 saturated carbocycles. The number of hydrogen-bond acceptors (Lipinski definition) is 3. The second kappa shape index (κ2) is 11.9. The molecule has 0 N–H and O–H groups in total. The lowest BCUT2D eigenvalue weighted by Crippen LogP contribution is -2.33. The largest absolute Gasteiger partial charge is 0.208 e. The summed E-state index contributed by atoms with van der Waals surface area (Å²) in [5.74, 6) is 1.34. The Morgan fingerprint density at radius 3 is 1.59 bits per heavy atom. The van der Waals surface area contributed by atoms with Gasteiger partial charge in [-0.25, -0.2) is 19.3 Å². The maximum absolute atomic E-state index is 13.9. The van der Waals surface area contributed by atoms with Gasteiger partial charge in [0, 0.05) is 16.7 Å². The standard InChI is InChI=1S/C45H38FN3/c1-44(2)24-25-45(3,4)40-28-36(20-23-39(40)44)34-10-7-11-37(27-34)43-48-41(47-42(49-43)32-18-21-38(46)22-19-32)31-15-12-30(13-16-31)35-17-14-29-8-5-6-9-33(29)26-35/h5-23,26-28H,24-25H2,1-4H3. The van der Waals surface area contributed by atoms with Gasteiger partial charge in [0.05, 0.1) is 0 Å². The van der Waals surface area contributed by atoms with E-state index in [4.69, 9.17) is 15.0 Å². The third kappa shape index (κ3) is 5.93. The molecule has 7 aromatic rings. The van der Waals surface area contributed by atoms with Gasteiger partial charge in [-0.15, -0.1) is 0 Å². The number of fused-ring (bicyclic) bond motifs is 2. The van der Waals surface area contributed by atoms with E-state index in [0.29, 0.717) is 17.5 Å². The van der Waals surface area contributed by atoms with Gasteiger partial charge < -0.3 is 0 Å². The third-order valence-corrected chi connectivity index (χ3v) is 10.3. The van der Waals surface area contributed by atoms with E-state index in [2.05, 4.69) is 131 Å². The van der Waals surface area contributed by atoms with Gasteiger partial charge in [-0.1, -0.05) is 125 Å². The first-order valence-corrected chi connectivity index (χ1v) is 17.0. The molecule has 0 atom stereocenters. The van der Waals surface area contributed by atoms with Crippen LogP contribution in [0, 0.1) is 5.82 Å². The van der Waals surface area contributed by atoms with Gasteiger partial charge in [0.2, 0.25) is 0 Å². The minimum absolute atomic E-state index is 0.121. The average Bonchev–Trinajstić information content (AvgIpc) is 3.13. The summed E-state index contributed by atoms with van der Waals surface area (Å²) in [6, 6.07) is 45.0. The number of halogens is 1. The topological polar surface area (TPSA) is 38.7 Å². The Balaban J connectivity index is 1.20. The monoisotopic (exact) mass is 639 g/mol. The lowest BCUT2D eigenvalue weighted by Gasteiger charge is -2.42. The van der Waals surface area contributed by atoms with E-state index in [9.17, 15) is 4.39 Å². The van der Waals surface area contributed by atoms with Crippen molar-refractivity contribution >= 4 is 10.8 Å². The third-order valence-electron chi connectivity index (χ3n) is 10.3. The minimum atomic E-state index is -0.299.